The number of carbonyl (C=O) groups excluding carboxylic acids is 1. The summed E-state index contributed by atoms with van der Waals surface area (Å²) >= 11 is 0. The van der Waals surface area contributed by atoms with Crippen molar-refractivity contribution in [3.8, 4) is 0 Å². The predicted molar refractivity (Wildman–Crippen MR) is 42.4 cm³/mol. The van der Waals surface area contributed by atoms with Crippen LogP contribution in [0.1, 0.15) is 12.8 Å². The first kappa shape index (κ1) is 6.58. The van der Waals surface area contributed by atoms with Crippen molar-refractivity contribution in [2.75, 3.05) is 6.54 Å². The lowest BCUT2D eigenvalue weighted by atomic mass is 10.2. The standard InChI is InChI=1S/C8H10N2O/c11-8-3-4-9-6-7-2-1-5-10(7)8/h3-4,6-7H,1-2,5H2. The highest BCUT2D eigenvalue weighted by atomic mass is 16.2. The molecule has 0 aromatic rings. The normalized spacial score (nSPS) is 28.9. The number of hydrogen-bond donors (Lipinski definition) is 0. The molecule has 0 N–H and O–H groups in total. The van der Waals surface area contributed by atoms with Crippen LogP contribution < -0.4 is 0 Å². The van der Waals surface area contributed by atoms with Gasteiger partial charge in [-0.25, -0.2) is 0 Å². The van der Waals surface area contributed by atoms with Gasteiger partial charge in [-0.05, 0) is 12.8 Å². The van der Waals surface area contributed by atoms with Gasteiger partial charge >= 0.3 is 0 Å². The van der Waals surface area contributed by atoms with E-state index >= 15 is 0 Å². The van der Waals surface area contributed by atoms with Crippen LogP contribution in [0.2, 0.25) is 0 Å². The van der Waals surface area contributed by atoms with E-state index in [1.165, 1.54) is 6.08 Å². The molecule has 1 amide bonds. The van der Waals surface area contributed by atoms with E-state index in [0.717, 1.165) is 19.4 Å². The van der Waals surface area contributed by atoms with Gasteiger partial charge in [0.1, 0.15) is 0 Å². The highest BCUT2D eigenvalue weighted by Crippen LogP contribution is 2.17. The third-order valence-corrected chi connectivity index (χ3v) is 2.14. The Morgan fingerprint density at radius 2 is 2.55 bits per heavy atom. The molecule has 0 spiro atoms. The Kier molecular flexibility index (Phi) is 1.49. The molecule has 1 fully saturated rings. The Labute approximate surface area is 65.4 Å². The van der Waals surface area contributed by atoms with E-state index in [0.29, 0.717) is 0 Å². The maximum absolute atomic E-state index is 11.3. The third kappa shape index (κ3) is 1.06. The minimum absolute atomic E-state index is 0.102. The molecule has 0 aromatic heterocycles. The van der Waals surface area contributed by atoms with Gasteiger partial charge in [0.15, 0.2) is 0 Å². The lowest BCUT2D eigenvalue weighted by molar-refractivity contribution is -0.125. The second kappa shape index (κ2) is 2.49. The quantitative estimate of drug-likeness (QED) is 0.497. The zero-order chi connectivity index (χ0) is 7.68. The molecule has 0 saturated carbocycles. The number of aliphatic imine (C=N–C) groups is 1. The highest BCUT2D eigenvalue weighted by molar-refractivity contribution is 5.91. The number of amides is 1. The highest BCUT2D eigenvalue weighted by Gasteiger charge is 2.26. The average Bonchev–Trinajstić information content (AvgIpc) is 2.40. The number of nitrogens with zero attached hydrogens (tertiary/aromatic N) is 2. The van der Waals surface area contributed by atoms with Crippen LogP contribution in [0.25, 0.3) is 0 Å². The molecule has 2 rings (SSSR count). The van der Waals surface area contributed by atoms with Crippen LogP contribution in [-0.4, -0.2) is 29.6 Å². The number of hydrogen-bond acceptors (Lipinski definition) is 2. The molecule has 0 aliphatic carbocycles. The molecule has 2 aliphatic heterocycles. The van der Waals surface area contributed by atoms with Crippen molar-refractivity contribution in [3.63, 3.8) is 0 Å². The fourth-order valence-corrected chi connectivity index (χ4v) is 1.57. The molecule has 11 heavy (non-hydrogen) atoms. The van der Waals surface area contributed by atoms with Crippen molar-refractivity contribution in [2.24, 2.45) is 4.99 Å². The molecule has 2 heterocycles. The Balaban J connectivity index is 2.25. The van der Waals surface area contributed by atoms with E-state index in [4.69, 9.17) is 0 Å². The van der Waals surface area contributed by atoms with E-state index < -0.39 is 0 Å². The summed E-state index contributed by atoms with van der Waals surface area (Å²) in [7, 11) is 0. The fraction of sp³-hybridized carbons (Fsp3) is 0.500. The number of carbonyl (C=O) groups is 1. The van der Waals surface area contributed by atoms with Crippen LogP contribution in [0.3, 0.4) is 0 Å². The van der Waals surface area contributed by atoms with Crippen LogP contribution in [0.4, 0.5) is 0 Å². The summed E-state index contributed by atoms with van der Waals surface area (Å²) in [5, 5.41) is 0. The van der Waals surface area contributed by atoms with E-state index in [2.05, 4.69) is 4.99 Å². The molecule has 1 atom stereocenters. The van der Waals surface area contributed by atoms with Crippen molar-refractivity contribution in [2.45, 2.75) is 18.9 Å². The van der Waals surface area contributed by atoms with Gasteiger partial charge in [0.2, 0.25) is 5.91 Å². The third-order valence-electron chi connectivity index (χ3n) is 2.14. The number of fused-ring (bicyclic) bond motifs is 1. The maximum atomic E-state index is 11.3. The first-order valence-electron chi connectivity index (χ1n) is 3.88. The van der Waals surface area contributed by atoms with Crippen LogP contribution in [-0.2, 0) is 4.79 Å². The number of rotatable bonds is 0. The van der Waals surface area contributed by atoms with Gasteiger partial charge in [0.05, 0.1) is 6.04 Å². The molecule has 1 saturated heterocycles. The topological polar surface area (TPSA) is 32.7 Å². The summed E-state index contributed by atoms with van der Waals surface area (Å²) in [5.74, 6) is 0.102. The smallest absolute Gasteiger partial charge is 0.248 e. The Morgan fingerprint density at radius 3 is 3.45 bits per heavy atom. The first-order chi connectivity index (χ1) is 5.38. The first-order valence-corrected chi connectivity index (χ1v) is 3.88. The summed E-state index contributed by atoms with van der Waals surface area (Å²) in [6, 6.07) is 0.262. The van der Waals surface area contributed by atoms with Gasteiger partial charge in [-0.1, -0.05) is 0 Å². The van der Waals surface area contributed by atoms with E-state index in [-0.39, 0.29) is 11.9 Å². The van der Waals surface area contributed by atoms with Crippen molar-refractivity contribution >= 4 is 12.1 Å². The molecular formula is C8H10N2O. The minimum Gasteiger partial charge on any atom is -0.331 e. The van der Waals surface area contributed by atoms with Gasteiger partial charge in [-0.3, -0.25) is 9.79 Å². The maximum Gasteiger partial charge on any atom is 0.248 e. The van der Waals surface area contributed by atoms with Crippen LogP contribution >= 0.6 is 0 Å². The Morgan fingerprint density at radius 1 is 1.64 bits per heavy atom. The van der Waals surface area contributed by atoms with Crippen molar-refractivity contribution in [1.82, 2.24) is 4.90 Å². The average molecular weight is 150 g/mol. The zero-order valence-electron chi connectivity index (χ0n) is 6.23. The minimum atomic E-state index is 0.102. The molecule has 1 unspecified atom stereocenters. The molecule has 3 heteroatoms. The summed E-state index contributed by atoms with van der Waals surface area (Å²) < 4.78 is 0. The summed E-state index contributed by atoms with van der Waals surface area (Å²) in [6.07, 6.45) is 7.13. The van der Waals surface area contributed by atoms with E-state index in [1.807, 2.05) is 11.1 Å². The second-order valence-electron chi connectivity index (χ2n) is 2.86. The molecular weight excluding hydrogens is 140 g/mol. The largest absolute Gasteiger partial charge is 0.331 e. The lowest BCUT2D eigenvalue weighted by Crippen LogP contribution is -2.34. The van der Waals surface area contributed by atoms with Gasteiger partial charge in [-0.15, -0.1) is 0 Å². The molecule has 0 bridgehead atoms. The Bertz CT molecular complexity index is 232. The fourth-order valence-electron chi connectivity index (χ4n) is 1.57. The van der Waals surface area contributed by atoms with Gasteiger partial charge in [-0.2, -0.15) is 0 Å². The van der Waals surface area contributed by atoms with E-state index in [1.54, 1.807) is 6.20 Å². The van der Waals surface area contributed by atoms with Crippen molar-refractivity contribution in [3.05, 3.63) is 12.3 Å². The Hall–Kier alpha value is -1.12. The monoisotopic (exact) mass is 150 g/mol. The molecule has 0 radical (unpaired) electrons. The second-order valence-corrected chi connectivity index (χ2v) is 2.86. The summed E-state index contributed by atoms with van der Waals surface area (Å²) in [4.78, 5) is 17.1. The van der Waals surface area contributed by atoms with Gasteiger partial charge in [0, 0.05) is 25.0 Å². The zero-order valence-corrected chi connectivity index (χ0v) is 6.23. The molecule has 58 valence electrons. The van der Waals surface area contributed by atoms with Crippen LogP contribution in [0, 0.1) is 0 Å². The summed E-state index contributed by atoms with van der Waals surface area (Å²) in [6.45, 7) is 0.889. The lowest BCUT2D eigenvalue weighted by Gasteiger charge is -2.17. The van der Waals surface area contributed by atoms with Crippen LogP contribution in [0.5, 0.6) is 0 Å². The van der Waals surface area contributed by atoms with Gasteiger partial charge in [0.25, 0.3) is 0 Å². The van der Waals surface area contributed by atoms with Crippen molar-refractivity contribution < 1.29 is 4.79 Å². The molecule has 0 aromatic carbocycles. The molecule has 2 aliphatic rings. The van der Waals surface area contributed by atoms with Crippen LogP contribution in [0.15, 0.2) is 17.3 Å². The van der Waals surface area contributed by atoms with Gasteiger partial charge < -0.3 is 4.90 Å². The molecule has 3 nitrogen and oxygen atoms in total. The SMILES string of the molecule is O=C1C=CN=CC2CCCN12. The van der Waals surface area contributed by atoms with Crippen molar-refractivity contribution in [1.29, 1.82) is 0 Å². The van der Waals surface area contributed by atoms with E-state index in [9.17, 15) is 4.79 Å². The summed E-state index contributed by atoms with van der Waals surface area (Å²) in [5.41, 5.74) is 0. The predicted octanol–water partition coefficient (Wildman–Crippen LogP) is 0.576.